The molecule has 1 amide bonds. The Morgan fingerprint density at radius 1 is 1.58 bits per heavy atom. The lowest BCUT2D eigenvalue weighted by Gasteiger charge is -2.42. The van der Waals surface area contributed by atoms with Gasteiger partial charge in [0.15, 0.2) is 0 Å². The lowest BCUT2D eigenvalue weighted by molar-refractivity contribution is -0.139. The molecule has 6 nitrogen and oxygen atoms in total. The van der Waals surface area contributed by atoms with E-state index in [0.717, 1.165) is 0 Å². The monoisotopic (exact) mass is 266 g/mol. The van der Waals surface area contributed by atoms with Crippen LogP contribution in [0.1, 0.15) is 24.2 Å². The van der Waals surface area contributed by atoms with E-state index in [-0.39, 0.29) is 24.2 Å². The highest BCUT2D eigenvalue weighted by Gasteiger charge is 2.35. The number of carbonyl (C=O) groups excluding carboxylic acids is 1. The smallest absolute Gasteiger partial charge is 0.255 e. The lowest BCUT2D eigenvalue weighted by Crippen LogP contribution is -2.55. The molecule has 0 aliphatic carbocycles. The number of aromatic amines is 1. The van der Waals surface area contributed by atoms with E-state index in [1.54, 1.807) is 4.90 Å². The van der Waals surface area contributed by atoms with E-state index in [4.69, 9.17) is 4.74 Å². The van der Waals surface area contributed by atoms with E-state index in [0.29, 0.717) is 18.7 Å². The molecule has 1 atom stereocenters. The third kappa shape index (κ3) is 3.21. The van der Waals surface area contributed by atoms with Gasteiger partial charge in [-0.1, -0.05) is 0 Å². The van der Waals surface area contributed by atoms with Crippen LogP contribution >= 0.6 is 0 Å². The molecule has 2 N–H and O–H groups in total. The Balaban J connectivity index is 2.18. The zero-order chi connectivity index (χ0) is 14.0. The van der Waals surface area contributed by atoms with Gasteiger partial charge in [-0.25, -0.2) is 0 Å². The van der Waals surface area contributed by atoms with Crippen LogP contribution in [0.25, 0.3) is 0 Å². The predicted molar refractivity (Wildman–Crippen MR) is 69.0 cm³/mol. The van der Waals surface area contributed by atoms with Crippen LogP contribution in [0, 0.1) is 0 Å². The van der Waals surface area contributed by atoms with E-state index in [1.165, 1.54) is 18.3 Å². The molecule has 2 rings (SSSR count). The number of aliphatic hydroxyl groups is 1. The van der Waals surface area contributed by atoms with Gasteiger partial charge in [-0.3, -0.25) is 9.59 Å². The molecule has 1 unspecified atom stereocenters. The molecule has 0 radical (unpaired) electrons. The minimum Gasteiger partial charge on any atom is -0.394 e. The number of rotatable bonds is 2. The van der Waals surface area contributed by atoms with Crippen molar-refractivity contribution in [2.45, 2.75) is 25.6 Å². The lowest BCUT2D eigenvalue weighted by atomic mass is 10.0. The van der Waals surface area contributed by atoms with Gasteiger partial charge in [-0.05, 0) is 19.9 Å². The molecule has 1 aromatic heterocycles. The topological polar surface area (TPSA) is 82.6 Å². The number of morpholine rings is 1. The van der Waals surface area contributed by atoms with Crippen molar-refractivity contribution < 1.29 is 14.6 Å². The van der Waals surface area contributed by atoms with Crippen molar-refractivity contribution >= 4 is 5.91 Å². The van der Waals surface area contributed by atoms with Crippen LogP contribution in [0.3, 0.4) is 0 Å². The van der Waals surface area contributed by atoms with E-state index in [1.807, 2.05) is 13.8 Å². The van der Waals surface area contributed by atoms with Crippen LogP contribution in [0.2, 0.25) is 0 Å². The van der Waals surface area contributed by atoms with Crippen molar-refractivity contribution in [1.29, 1.82) is 0 Å². The number of amides is 1. The highest BCUT2D eigenvalue weighted by atomic mass is 16.5. The van der Waals surface area contributed by atoms with Gasteiger partial charge < -0.3 is 19.7 Å². The summed E-state index contributed by atoms with van der Waals surface area (Å²) in [7, 11) is 0. The second-order valence-electron chi connectivity index (χ2n) is 5.31. The zero-order valence-corrected chi connectivity index (χ0v) is 11.0. The Kier molecular flexibility index (Phi) is 3.73. The molecule has 0 aromatic carbocycles. The molecular weight excluding hydrogens is 248 g/mol. The van der Waals surface area contributed by atoms with E-state index < -0.39 is 5.60 Å². The quantitative estimate of drug-likeness (QED) is 0.788. The van der Waals surface area contributed by atoms with Crippen LogP contribution < -0.4 is 5.56 Å². The van der Waals surface area contributed by atoms with Gasteiger partial charge in [0.2, 0.25) is 5.56 Å². The third-order valence-electron chi connectivity index (χ3n) is 3.00. The van der Waals surface area contributed by atoms with E-state index in [9.17, 15) is 14.7 Å². The molecular formula is C13H18N2O4. The Bertz CT molecular complexity index is 503. The minimum atomic E-state index is -0.497. The number of ether oxygens (including phenoxy) is 1. The number of aliphatic hydroxyl groups excluding tert-OH is 1. The first-order valence-corrected chi connectivity index (χ1v) is 6.18. The maximum atomic E-state index is 12.3. The summed E-state index contributed by atoms with van der Waals surface area (Å²) < 4.78 is 5.66. The van der Waals surface area contributed by atoms with Gasteiger partial charge in [0.05, 0.1) is 23.9 Å². The molecule has 2 heterocycles. The van der Waals surface area contributed by atoms with Crippen LogP contribution in [0.4, 0.5) is 0 Å². The fourth-order valence-corrected chi connectivity index (χ4v) is 2.27. The van der Waals surface area contributed by atoms with Crippen molar-refractivity contribution in [2.75, 3.05) is 19.7 Å². The molecule has 1 aliphatic rings. The average Bonchev–Trinajstić information content (AvgIpc) is 2.37. The molecule has 1 aliphatic heterocycles. The number of aromatic nitrogens is 1. The first kappa shape index (κ1) is 13.8. The summed E-state index contributed by atoms with van der Waals surface area (Å²) in [4.78, 5) is 27.4. The fraction of sp³-hybridized carbons (Fsp3) is 0.538. The number of hydrogen-bond donors (Lipinski definition) is 2. The maximum Gasteiger partial charge on any atom is 0.255 e. The summed E-state index contributed by atoms with van der Waals surface area (Å²) in [6.07, 6.45) is 1.02. The van der Waals surface area contributed by atoms with E-state index >= 15 is 0 Å². The van der Waals surface area contributed by atoms with Gasteiger partial charge in [0, 0.05) is 25.4 Å². The molecule has 6 heteroatoms. The SMILES string of the molecule is CC1(C)CN(C(=O)c2ccc(=O)[nH]c2)CC(CO)O1. The Morgan fingerprint density at radius 3 is 2.89 bits per heavy atom. The number of carbonyl (C=O) groups is 1. The van der Waals surface area contributed by atoms with Gasteiger partial charge in [-0.2, -0.15) is 0 Å². The summed E-state index contributed by atoms with van der Waals surface area (Å²) in [5.74, 6) is -0.175. The second-order valence-corrected chi connectivity index (χ2v) is 5.31. The van der Waals surface area contributed by atoms with Crippen molar-refractivity contribution in [3.05, 3.63) is 34.2 Å². The number of H-pyrrole nitrogens is 1. The van der Waals surface area contributed by atoms with Crippen LogP contribution in [0.15, 0.2) is 23.1 Å². The molecule has 104 valence electrons. The first-order valence-electron chi connectivity index (χ1n) is 6.18. The highest BCUT2D eigenvalue weighted by Crippen LogP contribution is 2.22. The first-order chi connectivity index (χ1) is 8.91. The Morgan fingerprint density at radius 2 is 2.32 bits per heavy atom. The molecule has 0 saturated carbocycles. The van der Waals surface area contributed by atoms with Gasteiger partial charge in [-0.15, -0.1) is 0 Å². The summed E-state index contributed by atoms with van der Waals surface area (Å²) >= 11 is 0. The Hall–Kier alpha value is -1.66. The van der Waals surface area contributed by atoms with Crippen LogP contribution in [-0.2, 0) is 4.74 Å². The minimum absolute atomic E-state index is 0.126. The maximum absolute atomic E-state index is 12.3. The summed E-state index contributed by atoms with van der Waals surface area (Å²) in [6.45, 7) is 4.42. The van der Waals surface area contributed by atoms with Crippen molar-refractivity contribution in [2.24, 2.45) is 0 Å². The van der Waals surface area contributed by atoms with Crippen molar-refractivity contribution in [1.82, 2.24) is 9.88 Å². The van der Waals surface area contributed by atoms with Gasteiger partial charge in [0.25, 0.3) is 5.91 Å². The number of nitrogens with zero attached hydrogens (tertiary/aromatic N) is 1. The predicted octanol–water partition coefficient (Wildman–Crippen LogP) is -0.0132. The standard InChI is InChI=1S/C13H18N2O4/c1-13(2)8-15(6-10(7-16)19-13)12(18)9-3-4-11(17)14-5-9/h3-5,10,16H,6-8H2,1-2H3,(H,14,17). The normalized spacial score (nSPS) is 22.3. The largest absolute Gasteiger partial charge is 0.394 e. The summed E-state index contributed by atoms with van der Waals surface area (Å²) in [5, 5.41) is 9.22. The molecule has 0 bridgehead atoms. The zero-order valence-electron chi connectivity index (χ0n) is 11.0. The van der Waals surface area contributed by atoms with Crippen molar-refractivity contribution in [3.63, 3.8) is 0 Å². The summed E-state index contributed by atoms with van der Waals surface area (Å²) in [5.41, 5.74) is -0.315. The molecule has 1 aromatic rings. The van der Waals surface area contributed by atoms with Crippen LogP contribution in [-0.4, -0.2) is 52.3 Å². The molecule has 0 spiro atoms. The Labute approximate surface area is 111 Å². The van der Waals surface area contributed by atoms with Gasteiger partial charge >= 0.3 is 0 Å². The number of hydrogen-bond acceptors (Lipinski definition) is 4. The number of pyridine rings is 1. The van der Waals surface area contributed by atoms with Gasteiger partial charge in [0.1, 0.15) is 0 Å². The second kappa shape index (κ2) is 5.14. The fourth-order valence-electron chi connectivity index (χ4n) is 2.27. The van der Waals surface area contributed by atoms with Crippen molar-refractivity contribution in [3.8, 4) is 0 Å². The average molecular weight is 266 g/mol. The highest BCUT2D eigenvalue weighted by molar-refractivity contribution is 5.94. The molecule has 19 heavy (non-hydrogen) atoms. The summed E-state index contributed by atoms with van der Waals surface area (Å²) in [6, 6.07) is 2.82. The third-order valence-corrected chi connectivity index (χ3v) is 3.00. The molecule has 1 fully saturated rings. The molecule has 1 saturated heterocycles. The van der Waals surface area contributed by atoms with Crippen LogP contribution in [0.5, 0.6) is 0 Å². The van der Waals surface area contributed by atoms with E-state index in [2.05, 4.69) is 4.98 Å². The number of nitrogens with one attached hydrogen (secondary N) is 1.